The number of thioether (sulfide) groups is 1. The molecule has 3 aromatic rings. The summed E-state index contributed by atoms with van der Waals surface area (Å²) in [6.07, 6.45) is 1.93. The molecule has 4 rings (SSSR count). The van der Waals surface area contributed by atoms with Gasteiger partial charge in [-0.15, -0.1) is 23.1 Å². The third-order valence-electron chi connectivity index (χ3n) is 4.28. The first-order valence-corrected chi connectivity index (χ1v) is 9.73. The summed E-state index contributed by atoms with van der Waals surface area (Å²) in [5.41, 5.74) is 3.24. The molecule has 0 unspecified atom stereocenters. The Morgan fingerprint density at radius 1 is 1.04 bits per heavy atom. The molecule has 1 aromatic heterocycles. The Labute approximate surface area is 153 Å². The first-order chi connectivity index (χ1) is 12.2. The van der Waals surface area contributed by atoms with Crippen molar-refractivity contribution in [1.29, 1.82) is 0 Å². The molecule has 5 heteroatoms. The highest BCUT2D eigenvalue weighted by Gasteiger charge is 2.35. The fourth-order valence-corrected chi connectivity index (χ4v) is 5.12. The van der Waals surface area contributed by atoms with Crippen molar-refractivity contribution < 1.29 is 14.3 Å². The van der Waals surface area contributed by atoms with E-state index in [1.807, 2.05) is 30.5 Å². The second-order valence-electron chi connectivity index (χ2n) is 5.61. The first kappa shape index (κ1) is 16.1. The van der Waals surface area contributed by atoms with E-state index in [1.165, 1.54) is 23.1 Å². The zero-order valence-corrected chi connectivity index (χ0v) is 15.3. The molecule has 0 aliphatic heterocycles. The number of hydrogen-bond acceptors (Lipinski definition) is 5. The van der Waals surface area contributed by atoms with Crippen LogP contribution in [-0.4, -0.2) is 24.9 Å². The maximum atomic E-state index is 13.1. The van der Waals surface area contributed by atoms with E-state index in [2.05, 4.69) is 0 Å². The molecule has 1 aliphatic rings. The zero-order chi connectivity index (χ0) is 17.6. The van der Waals surface area contributed by atoms with Crippen molar-refractivity contribution in [2.24, 2.45) is 0 Å². The second-order valence-corrected chi connectivity index (χ2v) is 7.70. The Morgan fingerprint density at radius 2 is 1.72 bits per heavy atom. The van der Waals surface area contributed by atoms with Crippen LogP contribution in [0.5, 0.6) is 5.75 Å². The van der Waals surface area contributed by atoms with Crippen molar-refractivity contribution in [3.8, 4) is 16.2 Å². The predicted octanol–water partition coefficient (Wildman–Crippen LogP) is 4.92. The summed E-state index contributed by atoms with van der Waals surface area (Å²) in [5, 5.41) is 0. The largest absolute Gasteiger partial charge is 0.497 e. The standard InChI is InChI=1S/C20H14O3S2/c1-23-12-9-7-11(8-10-12)17(21)16-15-18(22)13-5-3-4-6-14(13)19(15)25-20(16)24-2/h3-10H,1-2H3. The fraction of sp³-hybridized carbons (Fsp3) is 0.100. The smallest absolute Gasteiger partial charge is 0.195 e. The van der Waals surface area contributed by atoms with Crippen LogP contribution in [0.25, 0.3) is 10.4 Å². The normalized spacial score (nSPS) is 12.0. The van der Waals surface area contributed by atoms with Gasteiger partial charge in [0.15, 0.2) is 11.6 Å². The van der Waals surface area contributed by atoms with Gasteiger partial charge >= 0.3 is 0 Å². The van der Waals surface area contributed by atoms with E-state index in [-0.39, 0.29) is 11.6 Å². The van der Waals surface area contributed by atoms with E-state index in [0.29, 0.717) is 28.0 Å². The number of methoxy groups -OCH3 is 1. The summed E-state index contributed by atoms with van der Waals surface area (Å²) < 4.78 is 6.03. The molecular weight excluding hydrogens is 352 g/mol. The molecule has 0 fully saturated rings. The molecule has 2 aromatic carbocycles. The number of thiophene rings is 1. The molecule has 0 amide bonds. The van der Waals surface area contributed by atoms with E-state index in [4.69, 9.17) is 4.74 Å². The number of hydrogen-bond donors (Lipinski definition) is 0. The molecule has 0 atom stereocenters. The maximum Gasteiger partial charge on any atom is 0.195 e. The van der Waals surface area contributed by atoms with Crippen LogP contribution in [0.3, 0.4) is 0 Å². The summed E-state index contributed by atoms with van der Waals surface area (Å²) in [6, 6.07) is 14.5. The third-order valence-corrected chi connectivity index (χ3v) is 6.63. The highest BCUT2D eigenvalue weighted by atomic mass is 32.2. The summed E-state index contributed by atoms with van der Waals surface area (Å²) in [6.45, 7) is 0. The van der Waals surface area contributed by atoms with Crippen LogP contribution in [0.15, 0.2) is 52.7 Å². The van der Waals surface area contributed by atoms with Gasteiger partial charge in [0.05, 0.1) is 22.4 Å². The number of rotatable bonds is 4. The van der Waals surface area contributed by atoms with Crippen molar-refractivity contribution in [3.63, 3.8) is 0 Å². The molecule has 0 spiro atoms. The number of carbonyl (C=O) groups is 2. The van der Waals surface area contributed by atoms with E-state index < -0.39 is 0 Å². The van der Waals surface area contributed by atoms with Crippen LogP contribution in [0.1, 0.15) is 31.8 Å². The fourth-order valence-electron chi connectivity index (χ4n) is 3.07. The Bertz CT molecular complexity index is 1000. The minimum absolute atomic E-state index is 0.0565. The van der Waals surface area contributed by atoms with Crippen LogP contribution in [0.4, 0.5) is 0 Å². The van der Waals surface area contributed by atoms with Gasteiger partial charge in [-0.1, -0.05) is 24.3 Å². The van der Waals surface area contributed by atoms with Crippen molar-refractivity contribution >= 4 is 34.7 Å². The maximum absolute atomic E-state index is 13.1. The van der Waals surface area contributed by atoms with Gasteiger partial charge in [0, 0.05) is 21.6 Å². The van der Waals surface area contributed by atoms with Gasteiger partial charge in [-0.3, -0.25) is 9.59 Å². The lowest BCUT2D eigenvalue weighted by molar-refractivity contribution is 0.100. The quantitative estimate of drug-likeness (QED) is 0.380. The van der Waals surface area contributed by atoms with Crippen LogP contribution in [-0.2, 0) is 0 Å². The molecule has 3 nitrogen and oxygen atoms in total. The topological polar surface area (TPSA) is 43.4 Å². The predicted molar refractivity (Wildman–Crippen MR) is 101 cm³/mol. The van der Waals surface area contributed by atoms with Crippen LogP contribution in [0.2, 0.25) is 0 Å². The summed E-state index contributed by atoms with van der Waals surface area (Å²) in [5.74, 6) is 0.519. The van der Waals surface area contributed by atoms with E-state index >= 15 is 0 Å². The van der Waals surface area contributed by atoms with Crippen LogP contribution >= 0.6 is 23.1 Å². The molecule has 0 radical (unpaired) electrons. The SMILES string of the molecule is COc1ccc(C(=O)c2c(SC)sc3c2C(=O)c2ccccc2-3)cc1. The zero-order valence-electron chi connectivity index (χ0n) is 13.7. The lowest BCUT2D eigenvalue weighted by atomic mass is 10.00. The van der Waals surface area contributed by atoms with E-state index in [0.717, 1.165) is 14.6 Å². The molecular formula is C20H14O3S2. The third kappa shape index (κ3) is 2.42. The van der Waals surface area contributed by atoms with Gasteiger partial charge in [-0.25, -0.2) is 0 Å². The number of ketones is 2. The Balaban J connectivity index is 1.87. The van der Waals surface area contributed by atoms with Crippen LogP contribution in [0, 0.1) is 0 Å². The average Bonchev–Trinajstić information content (AvgIpc) is 3.17. The van der Waals surface area contributed by atoms with Crippen molar-refractivity contribution in [2.45, 2.75) is 4.21 Å². The minimum atomic E-state index is -0.120. The molecule has 0 N–H and O–H groups in total. The second kappa shape index (κ2) is 6.17. The number of carbonyl (C=O) groups excluding carboxylic acids is 2. The molecule has 1 aliphatic carbocycles. The van der Waals surface area contributed by atoms with E-state index in [1.54, 1.807) is 31.4 Å². The molecule has 25 heavy (non-hydrogen) atoms. The van der Waals surface area contributed by atoms with Gasteiger partial charge in [-0.2, -0.15) is 0 Å². The number of benzene rings is 2. The van der Waals surface area contributed by atoms with E-state index in [9.17, 15) is 9.59 Å². The lowest BCUT2D eigenvalue weighted by Gasteiger charge is -2.05. The molecule has 0 bridgehead atoms. The van der Waals surface area contributed by atoms with Gasteiger partial charge in [0.1, 0.15) is 5.75 Å². The monoisotopic (exact) mass is 366 g/mol. The van der Waals surface area contributed by atoms with Crippen molar-refractivity contribution in [1.82, 2.24) is 0 Å². The number of fused-ring (bicyclic) bond motifs is 3. The lowest BCUT2D eigenvalue weighted by Crippen LogP contribution is -2.07. The summed E-state index contributed by atoms with van der Waals surface area (Å²) in [7, 11) is 1.59. The highest BCUT2D eigenvalue weighted by molar-refractivity contribution is 8.00. The van der Waals surface area contributed by atoms with Crippen LogP contribution < -0.4 is 4.74 Å². The number of ether oxygens (including phenoxy) is 1. The highest BCUT2D eigenvalue weighted by Crippen LogP contribution is 2.48. The molecule has 0 saturated carbocycles. The van der Waals surface area contributed by atoms with Gasteiger partial charge < -0.3 is 4.74 Å². The van der Waals surface area contributed by atoms with Gasteiger partial charge in [0.25, 0.3) is 0 Å². The van der Waals surface area contributed by atoms with Gasteiger partial charge in [-0.05, 0) is 30.5 Å². The molecule has 1 heterocycles. The first-order valence-electron chi connectivity index (χ1n) is 7.69. The molecule has 0 saturated heterocycles. The van der Waals surface area contributed by atoms with Crippen molar-refractivity contribution in [3.05, 3.63) is 70.8 Å². The summed E-state index contributed by atoms with van der Waals surface area (Å²) >= 11 is 3.03. The minimum Gasteiger partial charge on any atom is -0.497 e. The Morgan fingerprint density at radius 3 is 2.36 bits per heavy atom. The van der Waals surface area contributed by atoms with Gasteiger partial charge in [0.2, 0.25) is 0 Å². The Hall–Kier alpha value is -2.37. The van der Waals surface area contributed by atoms with Crippen molar-refractivity contribution in [2.75, 3.05) is 13.4 Å². The molecule has 124 valence electrons. The summed E-state index contributed by atoms with van der Waals surface area (Å²) in [4.78, 5) is 26.9. The average molecular weight is 366 g/mol. The Kier molecular flexibility index (Phi) is 3.98.